The number of benzene rings is 1. The lowest BCUT2D eigenvalue weighted by molar-refractivity contribution is 0.243. The van der Waals surface area contributed by atoms with Crippen molar-refractivity contribution >= 4 is 0 Å². The predicted octanol–water partition coefficient (Wildman–Crippen LogP) is 2.58. The van der Waals surface area contributed by atoms with Crippen molar-refractivity contribution in [2.24, 2.45) is 11.7 Å². The first-order chi connectivity index (χ1) is 7.26. The first-order valence-corrected chi connectivity index (χ1v) is 5.34. The van der Waals surface area contributed by atoms with Gasteiger partial charge in [0.05, 0.1) is 6.61 Å². The molecule has 1 unspecified atom stereocenters. The third-order valence-corrected chi connectivity index (χ3v) is 2.33. The molecule has 15 heavy (non-hydrogen) atoms. The van der Waals surface area contributed by atoms with E-state index in [1.165, 1.54) is 12.1 Å². The van der Waals surface area contributed by atoms with Gasteiger partial charge in [-0.3, -0.25) is 0 Å². The SMILES string of the molecule is CCCC(CN)COc1ccc(F)cc1. The zero-order chi connectivity index (χ0) is 11.1. The second kappa shape index (κ2) is 6.40. The summed E-state index contributed by atoms with van der Waals surface area (Å²) in [5.41, 5.74) is 5.61. The largest absolute Gasteiger partial charge is 0.493 e. The molecular formula is C12H18FNO. The van der Waals surface area contributed by atoms with Gasteiger partial charge in [-0.2, -0.15) is 0 Å². The summed E-state index contributed by atoms with van der Waals surface area (Å²) in [5, 5.41) is 0. The van der Waals surface area contributed by atoms with Gasteiger partial charge >= 0.3 is 0 Å². The summed E-state index contributed by atoms with van der Waals surface area (Å²) < 4.78 is 18.1. The van der Waals surface area contributed by atoms with Crippen LogP contribution in [-0.2, 0) is 0 Å². The molecule has 84 valence electrons. The van der Waals surface area contributed by atoms with Gasteiger partial charge in [-0.25, -0.2) is 4.39 Å². The Morgan fingerprint density at radius 2 is 2.00 bits per heavy atom. The fourth-order valence-electron chi connectivity index (χ4n) is 1.42. The van der Waals surface area contributed by atoms with Gasteiger partial charge in [0, 0.05) is 5.92 Å². The van der Waals surface area contributed by atoms with Crippen molar-refractivity contribution in [1.29, 1.82) is 0 Å². The fraction of sp³-hybridized carbons (Fsp3) is 0.500. The molecule has 0 amide bonds. The molecule has 0 heterocycles. The van der Waals surface area contributed by atoms with Crippen LogP contribution in [-0.4, -0.2) is 13.2 Å². The Balaban J connectivity index is 2.38. The summed E-state index contributed by atoms with van der Waals surface area (Å²) >= 11 is 0. The zero-order valence-electron chi connectivity index (χ0n) is 9.08. The molecule has 0 saturated carbocycles. The molecule has 0 aromatic heterocycles. The standard InChI is InChI=1S/C12H18FNO/c1-2-3-10(8-14)9-15-12-6-4-11(13)5-7-12/h4-7,10H,2-3,8-9,14H2,1H3. The summed E-state index contributed by atoms with van der Waals surface area (Å²) in [7, 11) is 0. The minimum absolute atomic E-state index is 0.244. The lowest BCUT2D eigenvalue weighted by atomic mass is 10.1. The van der Waals surface area contributed by atoms with E-state index >= 15 is 0 Å². The van der Waals surface area contributed by atoms with E-state index in [1.807, 2.05) is 0 Å². The van der Waals surface area contributed by atoms with E-state index < -0.39 is 0 Å². The molecule has 0 bridgehead atoms. The van der Waals surface area contributed by atoms with Crippen LogP contribution >= 0.6 is 0 Å². The second-order valence-electron chi connectivity index (χ2n) is 3.66. The summed E-state index contributed by atoms with van der Waals surface area (Å²) in [6.45, 7) is 3.37. The van der Waals surface area contributed by atoms with Gasteiger partial charge in [0.1, 0.15) is 11.6 Å². The molecule has 0 radical (unpaired) electrons. The number of nitrogens with two attached hydrogens (primary N) is 1. The summed E-state index contributed by atoms with van der Waals surface area (Å²) in [6.07, 6.45) is 2.17. The molecule has 1 aromatic rings. The van der Waals surface area contributed by atoms with Crippen molar-refractivity contribution < 1.29 is 9.13 Å². The molecular weight excluding hydrogens is 193 g/mol. The molecule has 0 aliphatic heterocycles. The highest BCUT2D eigenvalue weighted by atomic mass is 19.1. The van der Waals surface area contributed by atoms with Crippen LogP contribution < -0.4 is 10.5 Å². The summed E-state index contributed by atoms with van der Waals surface area (Å²) in [6, 6.07) is 6.06. The number of hydrogen-bond donors (Lipinski definition) is 1. The fourth-order valence-corrected chi connectivity index (χ4v) is 1.42. The van der Waals surface area contributed by atoms with Crippen molar-refractivity contribution in [3.63, 3.8) is 0 Å². The van der Waals surface area contributed by atoms with Crippen LogP contribution in [0.1, 0.15) is 19.8 Å². The monoisotopic (exact) mass is 211 g/mol. The van der Waals surface area contributed by atoms with Gasteiger partial charge in [-0.1, -0.05) is 13.3 Å². The smallest absolute Gasteiger partial charge is 0.123 e. The maximum atomic E-state index is 12.6. The molecule has 1 aromatic carbocycles. The number of rotatable bonds is 6. The average molecular weight is 211 g/mol. The van der Waals surface area contributed by atoms with Gasteiger partial charge in [0.15, 0.2) is 0 Å². The third-order valence-electron chi connectivity index (χ3n) is 2.33. The van der Waals surface area contributed by atoms with Crippen molar-refractivity contribution in [3.05, 3.63) is 30.1 Å². The van der Waals surface area contributed by atoms with Crippen LogP contribution in [0.15, 0.2) is 24.3 Å². The van der Waals surface area contributed by atoms with Crippen molar-refractivity contribution in [1.82, 2.24) is 0 Å². The molecule has 0 spiro atoms. The van der Waals surface area contributed by atoms with Crippen LogP contribution in [0, 0.1) is 11.7 Å². The lowest BCUT2D eigenvalue weighted by Gasteiger charge is -2.14. The Hall–Kier alpha value is -1.09. The maximum absolute atomic E-state index is 12.6. The van der Waals surface area contributed by atoms with Crippen LogP contribution in [0.3, 0.4) is 0 Å². The summed E-state index contributed by atoms with van der Waals surface area (Å²) in [5.74, 6) is 0.845. The molecule has 1 atom stereocenters. The Morgan fingerprint density at radius 3 is 2.53 bits per heavy atom. The Kier molecular flexibility index (Phi) is 5.12. The molecule has 0 aliphatic rings. The van der Waals surface area contributed by atoms with E-state index in [2.05, 4.69) is 6.92 Å². The number of halogens is 1. The number of ether oxygens (including phenoxy) is 1. The Labute approximate surface area is 90.2 Å². The molecule has 0 saturated heterocycles. The van der Waals surface area contributed by atoms with E-state index in [9.17, 15) is 4.39 Å². The van der Waals surface area contributed by atoms with E-state index in [0.29, 0.717) is 24.8 Å². The molecule has 2 N–H and O–H groups in total. The summed E-state index contributed by atoms with van der Waals surface area (Å²) in [4.78, 5) is 0. The van der Waals surface area contributed by atoms with Crippen molar-refractivity contribution in [2.75, 3.05) is 13.2 Å². The Bertz CT molecular complexity index is 273. The van der Waals surface area contributed by atoms with E-state index in [4.69, 9.17) is 10.5 Å². The quantitative estimate of drug-likeness (QED) is 0.785. The highest BCUT2D eigenvalue weighted by Gasteiger charge is 2.06. The van der Waals surface area contributed by atoms with E-state index in [0.717, 1.165) is 12.8 Å². The van der Waals surface area contributed by atoms with Gasteiger partial charge in [0.2, 0.25) is 0 Å². The van der Waals surface area contributed by atoms with Crippen LogP contribution in [0.25, 0.3) is 0 Å². The predicted molar refractivity (Wildman–Crippen MR) is 59.3 cm³/mol. The highest BCUT2D eigenvalue weighted by molar-refractivity contribution is 5.21. The lowest BCUT2D eigenvalue weighted by Crippen LogP contribution is -2.21. The van der Waals surface area contributed by atoms with E-state index in [-0.39, 0.29) is 5.82 Å². The third kappa shape index (κ3) is 4.30. The minimum atomic E-state index is -0.244. The topological polar surface area (TPSA) is 35.2 Å². The maximum Gasteiger partial charge on any atom is 0.123 e. The van der Waals surface area contributed by atoms with Crippen LogP contribution in [0.2, 0.25) is 0 Å². The minimum Gasteiger partial charge on any atom is -0.493 e. The van der Waals surface area contributed by atoms with Gasteiger partial charge in [0.25, 0.3) is 0 Å². The van der Waals surface area contributed by atoms with E-state index in [1.54, 1.807) is 12.1 Å². The molecule has 1 rings (SSSR count). The zero-order valence-corrected chi connectivity index (χ0v) is 9.08. The van der Waals surface area contributed by atoms with Gasteiger partial charge < -0.3 is 10.5 Å². The van der Waals surface area contributed by atoms with Crippen LogP contribution in [0.5, 0.6) is 5.75 Å². The Morgan fingerprint density at radius 1 is 1.33 bits per heavy atom. The molecule has 0 fully saturated rings. The first kappa shape index (κ1) is 12.0. The molecule has 3 heteroatoms. The normalized spacial score (nSPS) is 12.5. The van der Waals surface area contributed by atoms with Gasteiger partial charge in [-0.15, -0.1) is 0 Å². The van der Waals surface area contributed by atoms with Crippen LogP contribution in [0.4, 0.5) is 4.39 Å². The van der Waals surface area contributed by atoms with Crippen molar-refractivity contribution in [2.45, 2.75) is 19.8 Å². The number of hydrogen-bond acceptors (Lipinski definition) is 2. The highest BCUT2D eigenvalue weighted by Crippen LogP contribution is 2.13. The molecule has 0 aliphatic carbocycles. The average Bonchev–Trinajstić information content (AvgIpc) is 2.26. The van der Waals surface area contributed by atoms with Gasteiger partial charge in [-0.05, 0) is 37.2 Å². The second-order valence-corrected chi connectivity index (χ2v) is 3.66. The molecule has 2 nitrogen and oxygen atoms in total. The first-order valence-electron chi connectivity index (χ1n) is 5.34. The van der Waals surface area contributed by atoms with Crippen molar-refractivity contribution in [3.8, 4) is 5.75 Å².